The number of fused-ring (bicyclic) bond motifs is 1. The van der Waals surface area contributed by atoms with Crippen molar-refractivity contribution in [2.75, 3.05) is 30.0 Å². The Hall–Kier alpha value is -1.23. The average molecular weight is 281 g/mol. The molecule has 1 N–H and O–H groups in total. The van der Waals surface area contributed by atoms with E-state index in [1.165, 1.54) is 5.56 Å². The molecule has 2 aliphatic heterocycles. The van der Waals surface area contributed by atoms with Crippen LogP contribution in [0.3, 0.4) is 0 Å². The summed E-state index contributed by atoms with van der Waals surface area (Å²) in [6.07, 6.45) is 1.75. The van der Waals surface area contributed by atoms with Crippen molar-refractivity contribution in [3.8, 4) is 5.75 Å². The molecule has 0 aliphatic carbocycles. The monoisotopic (exact) mass is 281 g/mol. The van der Waals surface area contributed by atoms with Crippen molar-refractivity contribution in [1.29, 1.82) is 0 Å². The molecular weight excluding hydrogens is 262 g/mol. The fourth-order valence-corrected chi connectivity index (χ4v) is 5.05. The quantitative estimate of drug-likeness (QED) is 0.919. The Balaban J connectivity index is 1.67. The third-order valence-corrected chi connectivity index (χ3v) is 5.93. The summed E-state index contributed by atoms with van der Waals surface area (Å²) in [5, 5.41) is 3.32. The van der Waals surface area contributed by atoms with Crippen LogP contribution in [0.4, 0.5) is 5.69 Å². The van der Waals surface area contributed by atoms with Gasteiger partial charge in [-0.2, -0.15) is 0 Å². The summed E-state index contributed by atoms with van der Waals surface area (Å²) in [5.74, 6) is 1.35. The highest BCUT2D eigenvalue weighted by molar-refractivity contribution is 7.91. The summed E-state index contributed by atoms with van der Waals surface area (Å²) in [6, 6.07) is 6.06. The van der Waals surface area contributed by atoms with Crippen LogP contribution >= 0.6 is 0 Å². The van der Waals surface area contributed by atoms with E-state index in [1.807, 2.05) is 19.1 Å². The minimum atomic E-state index is -2.86. The van der Waals surface area contributed by atoms with E-state index < -0.39 is 9.84 Å². The number of benzene rings is 1. The van der Waals surface area contributed by atoms with Crippen LogP contribution in [-0.2, 0) is 16.3 Å². The highest BCUT2D eigenvalue weighted by Crippen LogP contribution is 2.33. The molecular formula is C14H19NO3S. The molecule has 19 heavy (non-hydrogen) atoms. The van der Waals surface area contributed by atoms with Crippen molar-refractivity contribution in [2.24, 2.45) is 5.41 Å². The zero-order valence-corrected chi connectivity index (χ0v) is 11.9. The van der Waals surface area contributed by atoms with Gasteiger partial charge in [0.15, 0.2) is 9.84 Å². The van der Waals surface area contributed by atoms with Crippen molar-refractivity contribution in [2.45, 2.75) is 19.8 Å². The number of nitrogens with one attached hydrogen (secondary N) is 1. The van der Waals surface area contributed by atoms with E-state index in [0.29, 0.717) is 18.8 Å². The van der Waals surface area contributed by atoms with Gasteiger partial charge in [-0.1, -0.05) is 13.0 Å². The Morgan fingerprint density at radius 1 is 1.42 bits per heavy atom. The molecule has 2 aliphatic rings. The fraction of sp³-hybridized carbons (Fsp3) is 0.571. The van der Waals surface area contributed by atoms with E-state index in [4.69, 9.17) is 4.74 Å². The lowest BCUT2D eigenvalue weighted by atomic mass is 9.92. The number of hydrogen-bond donors (Lipinski definition) is 1. The maximum atomic E-state index is 11.5. The van der Waals surface area contributed by atoms with Crippen molar-refractivity contribution < 1.29 is 13.2 Å². The first-order valence-corrected chi connectivity index (χ1v) is 8.48. The van der Waals surface area contributed by atoms with E-state index in [1.54, 1.807) is 0 Å². The lowest BCUT2D eigenvalue weighted by Gasteiger charge is -2.22. The average Bonchev–Trinajstić information content (AvgIpc) is 2.91. The molecule has 1 atom stereocenters. The lowest BCUT2D eigenvalue weighted by molar-refractivity contribution is 0.186. The molecule has 0 aromatic heterocycles. The molecule has 0 amide bonds. The molecule has 1 saturated heterocycles. The normalized spacial score (nSPS) is 27.8. The maximum Gasteiger partial charge on any atom is 0.151 e. The molecule has 0 saturated carbocycles. The standard InChI is InChI=1S/C14H19NO3S/c1-14(5-7-19(16,17)10-14)9-18-12-3-2-11-4-6-15-13(11)8-12/h2-3,8,15H,4-7,9-10H2,1H3. The molecule has 0 spiro atoms. The first kappa shape index (κ1) is 12.8. The summed E-state index contributed by atoms with van der Waals surface area (Å²) < 4.78 is 28.9. The summed E-state index contributed by atoms with van der Waals surface area (Å²) in [6.45, 7) is 3.43. The van der Waals surface area contributed by atoms with Crippen molar-refractivity contribution in [1.82, 2.24) is 0 Å². The second-order valence-electron chi connectivity index (χ2n) is 5.94. The van der Waals surface area contributed by atoms with Gasteiger partial charge in [0.25, 0.3) is 0 Å². The number of hydrogen-bond acceptors (Lipinski definition) is 4. The second-order valence-corrected chi connectivity index (χ2v) is 8.12. The summed E-state index contributed by atoms with van der Waals surface area (Å²) in [7, 11) is -2.86. The third-order valence-electron chi connectivity index (χ3n) is 3.96. The van der Waals surface area contributed by atoms with Crippen LogP contribution in [0, 0.1) is 5.41 Å². The van der Waals surface area contributed by atoms with Crippen LogP contribution in [0.5, 0.6) is 5.75 Å². The highest BCUT2D eigenvalue weighted by Gasteiger charge is 2.39. The van der Waals surface area contributed by atoms with E-state index in [2.05, 4.69) is 11.4 Å². The molecule has 3 rings (SSSR count). The van der Waals surface area contributed by atoms with Crippen LogP contribution in [0.1, 0.15) is 18.9 Å². The molecule has 104 valence electrons. The smallest absolute Gasteiger partial charge is 0.151 e. The van der Waals surface area contributed by atoms with Gasteiger partial charge in [-0.05, 0) is 24.5 Å². The highest BCUT2D eigenvalue weighted by atomic mass is 32.2. The van der Waals surface area contributed by atoms with Crippen molar-refractivity contribution >= 4 is 15.5 Å². The molecule has 4 nitrogen and oxygen atoms in total. The van der Waals surface area contributed by atoms with E-state index >= 15 is 0 Å². The van der Waals surface area contributed by atoms with Gasteiger partial charge in [0, 0.05) is 23.7 Å². The minimum absolute atomic E-state index is 0.239. The Kier molecular flexibility index (Phi) is 2.96. The third kappa shape index (κ3) is 2.71. The van der Waals surface area contributed by atoms with Crippen LogP contribution in [-0.4, -0.2) is 33.1 Å². The molecule has 2 heterocycles. The zero-order chi connectivity index (χ0) is 13.5. The zero-order valence-electron chi connectivity index (χ0n) is 11.1. The SMILES string of the molecule is CC1(COc2ccc3c(c2)NCC3)CCS(=O)(=O)C1. The number of ether oxygens (including phenoxy) is 1. The van der Waals surface area contributed by atoms with Gasteiger partial charge in [-0.25, -0.2) is 8.42 Å². The van der Waals surface area contributed by atoms with Gasteiger partial charge in [-0.3, -0.25) is 0 Å². The molecule has 1 aromatic rings. The second kappa shape index (κ2) is 4.40. The largest absolute Gasteiger partial charge is 0.493 e. The van der Waals surface area contributed by atoms with Gasteiger partial charge < -0.3 is 10.1 Å². The first-order chi connectivity index (χ1) is 8.96. The molecule has 0 radical (unpaired) electrons. The van der Waals surface area contributed by atoms with E-state index in [-0.39, 0.29) is 11.2 Å². The molecule has 5 heteroatoms. The van der Waals surface area contributed by atoms with E-state index in [9.17, 15) is 8.42 Å². The summed E-state index contributed by atoms with van der Waals surface area (Å²) in [4.78, 5) is 0. The molecule has 1 fully saturated rings. The maximum absolute atomic E-state index is 11.5. The predicted molar refractivity (Wildman–Crippen MR) is 75.5 cm³/mol. The lowest BCUT2D eigenvalue weighted by Crippen LogP contribution is -2.26. The van der Waals surface area contributed by atoms with Gasteiger partial charge in [0.1, 0.15) is 5.75 Å². The van der Waals surface area contributed by atoms with Crippen molar-refractivity contribution in [3.63, 3.8) is 0 Å². The predicted octanol–water partition coefficient (Wildman–Crippen LogP) is 1.86. The van der Waals surface area contributed by atoms with Crippen LogP contribution in [0.25, 0.3) is 0 Å². The Morgan fingerprint density at radius 2 is 2.26 bits per heavy atom. The van der Waals surface area contributed by atoms with Gasteiger partial charge >= 0.3 is 0 Å². The first-order valence-electron chi connectivity index (χ1n) is 6.66. The Labute approximate surface area is 114 Å². The van der Waals surface area contributed by atoms with Gasteiger partial charge in [0.05, 0.1) is 18.1 Å². The summed E-state index contributed by atoms with van der Waals surface area (Å²) >= 11 is 0. The number of rotatable bonds is 3. The fourth-order valence-electron chi connectivity index (χ4n) is 2.81. The van der Waals surface area contributed by atoms with Crippen LogP contribution in [0.2, 0.25) is 0 Å². The topological polar surface area (TPSA) is 55.4 Å². The van der Waals surface area contributed by atoms with Crippen LogP contribution in [0.15, 0.2) is 18.2 Å². The molecule has 0 bridgehead atoms. The van der Waals surface area contributed by atoms with Crippen molar-refractivity contribution in [3.05, 3.63) is 23.8 Å². The minimum Gasteiger partial charge on any atom is -0.493 e. The van der Waals surface area contributed by atoms with Crippen LogP contribution < -0.4 is 10.1 Å². The van der Waals surface area contributed by atoms with E-state index in [0.717, 1.165) is 24.4 Å². The Morgan fingerprint density at radius 3 is 3.00 bits per heavy atom. The summed E-state index contributed by atoms with van der Waals surface area (Å²) in [5.41, 5.74) is 2.22. The van der Waals surface area contributed by atoms with Gasteiger partial charge in [0.2, 0.25) is 0 Å². The number of anilines is 1. The van der Waals surface area contributed by atoms with Gasteiger partial charge in [-0.15, -0.1) is 0 Å². The molecule has 1 aromatic carbocycles. The number of sulfone groups is 1. The Bertz CT molecular complexity index is 597. The molecule has 1 unspecified atom stereocenters.